The minimum absolute atomic E-state index is 0.192. The standard InChI is InChI=1S/C19H26O4S/c1-2-23-19(20)18(13-14-5-3-4-6-14)15-7-9-16(10-8-15)24(21,22)17-11-12-17/h7-10,14,17-18H,2-6,11-13H2,1H3. The zero-order valence-electron chi connectivity index (χ0n) is 14.2. The summed E-state index contributed by atoms with van der Waals surface area (Å²) in [5.41, 5.74) is 0.870. The summed E-state index contributed by atoms with van der Waals surface area (Å²) < 4.78 is 29.9. The van der Waals surface area contributed by atoms with Gasteiger partial charge in [0.2, 0.25) is 0 Å². The number of benzene rings is 1. The summed E-state index contributed by atoms with van der Waals surface area (Å²) in [6.45, 7) is 2.18. The smallest absolute Gasteiger partial charge is 0.313 e. The lowest BCUT2D eigenvalue weighted by molar-refractivity contribution is -0.145. The summed E-state index contributed by atoms with van der Waals surface area (Å²) >= 11 is 0. The van der Waals surface area contributed by atoms with Gasteiger partial charge in [-0.25, -0.2) is 8.42 Å². The Hall–Kier alpha value is -1.36. The summed E-state index contributed by atoms with van der Waals surface area (Å²) in [5.74, 6) is 0.0854. The van der Waals surface area contributed by atoms with Crippen LogP contribution in [0.1, 0.15) is 63.4 Å². The topological polar surface area (TPSA) is 60.4 Å². The molecule has 0 radical (unpaired) electrons. The van der Waals surface area contributed by atoms with Crippen molar-refractivity contribution in [3.63, 3.8) is 0 Å². The maximum Gasteiger partial charge on any atom is 0.313 e. The van der Waals surface area contributed by atoms with Crippen molar-refractivity contribution >= 4 is 15.8 Å². The Morgan fingerprint density at radius 2 is 1.75 bits per heavy atom. The summed E-state index contributed by atoms with van der Waals surface area (Å²) in [6, 6.07) is 6.91. The molecule has 0 N–H and O–H groups in total. The van der Waals surface area contributed by atoms with Crippen LogP contribution in [0, 0.1) is 5.92 Å². The minimum atomic E-state index is -3.18. The zero-order valence-corrected chi connectivity index (χ0v) is 15.1. The molecule has 132 valence electrons. The van der Waals surface area contributed by atoms with E-state index in [9.17, 15) is 13.2 Å². The van der Waals surface area contributed by atoms with Crippen LogP contribution in [0.15, 0.2) is 29.2 Å². The number of ether oxygens (including phenoxy) is 1. The second-order valence-corrected chi connectivity index (χ2v) is 9.23. The van der Waals surface area contributed by atoms with E-state index in [0.717, 1.165) is 24.8 Å². The first-order chi connectivity index (χ1) is 11.5. The molecule has 2 aliphatic rings. The monoisotopic (exact) mass is 350 g/mol. The van der Waals surface area contributed by atoms with Gasteiger partial charge in [0.15, 0.2) is 9.84 Å². The molecule has 1 aromatic rings. The Morgan fingerprint density at radius 3 is 2.29 bits per heavy atom. The Labute approximate surface area is 144 Å². The molecule has 0 aromatic heterocycles. The van der Waals surface area contributed by atoms with Gasteiger partial charge in [-0.3, -0.25) is 4.79 Å². The van der Waals surface area contributed by atoms with Crippen LogP contribution in [0.3, 0.4) is 0 Å². The molecule has 0 aliphatic heterocycles. The van der Waals surface area contributed by atoms with Gasteiger partial charge < -0.3 is 4.74 Å². The first-order valence-electron chi connectivity index (χ1n) is 9.03. The highest BCUT2D eigenvalue weighted by molar-refractivity contribution is 7.92. The van der Waals surface area contributed by atoms with E-state index in [1.54, 1.807) is 24.3 Å². The molecule has 3 rings (SSSR count). The van der Waals surface area contributed by atoms with Gasteiger partial charge in [-0.05, 0) is 49.8 Å². The quantitative estimate of drug-likeness (QED) is 0.701. The van der Waals surface area contributed by atoms with Crippen LogP contribution in [0.5, 0.6) is 0 Å². The second-order valence-electron chi connectivity index (χ2n) is 7.00. The first kappa shape index (κ1) is 17.5. The van der Waals surface area contributed by atoms with Gasteiger partial charge in [-0.15, -0.1) is 0 Å². The Kier molecular flexibility index (Phi) is 5.28. The molecule has 4 nitrogen and oxygen atoms in total. The third-order valence-corrected chi connectivity index (χ3v) is 7.47. The molecule has 2 aliphatic carbocycles. The van der Waals surface area contributed by atoms with Crippen molar-refractivity contribution in [3.05, 3.63) is 29.8 Å². The van der Waals surface area contributed by atoms with Crippen LogP contribution in [0.4, 0.5) is 0 Å². The van der Waals surface area contributed by atoms with Crippen LogP contribution in [-0.2, 0) is 19.4 Å². The number of hydrogen-bond donors (Lipinski definition) is 0. The molecule has 1 aromatic carbocycles. The predicted molar refractivity (Wildman–Crippen MR) is 92.6 cm³/mol. The summed E-state index contributed by atoms with van der Waals surface area (Å²) in [5, 5.41) is -0.206. The zero-order chi connectivity index (χ0) is 17.2. The molecule has 24 heavy (non-hydrogen) atoms. The van der Waals surface area contributed by atoms with Crippen molar-refractivity contribution in [1.29, 1.82) is 0 Å². The lowest BCUT2D eigenvalue weighted by atomic mass is 9.88. The first-order valence-corrected chi connectivity index (χ1v) is 10.6. The number of rotatable bonds is 7. The molecule has 0 spiro atoms. The van der Waals surface area contributed by atoms with E-state index in [4.69, 9.17) is 4.74 Å². The maximum absolute atomic E-state index is 12.4. The molecule has 1 unspecified atom stereocenters. The Balaban J connectivity index is 1.79. The van der Waals surface area contributed by atoms with Crippen LogP contribution >= 0.6 is 0 Å². The molecule has 0 heterocycles. The number of sulfone groups is 1. The van der Waals surface area contributed by atoms with E-state index >= 15 is 0 Å². The summed E-state index contributed by atoms with van der Waals surface area (Å²) in [4.78, 5) is 12.8. The number of hydrogen-bond acceptors (Lipinski definition) is 4. The average Bonchev–Trinajstić information content (AvgIpc) is 3.32. The molecule has 0 amide bonds. The lowest BCUT2D eigenvalue weighted by Crippen LogP contribution is -2.19. The lowest BCUT2D eigenvalue weighted by Gasteiger charge is -2.20. The van der Waals surface area contributed by atoms with Gasteiger partial charge in [0, 0.05) is 0 Å². The van der Waals surface area contributed by atoms with E-state index < -0.39 is 9.84 Å². The van der Waals surface area contributed by atoms with Crippen molar-refractivity contribution in [2.45, 2.75) is 67.9 Å². The molecule has 0 bridgehead atoms. The van der Waals surface area contributed by atoms with Gasteiger partial charge in [-0.1, -0.05) is 37.8 Å². The summed E-state index contributed by atoms with van der Waals surface area (Å²) in [6.07, 6.45) is 7.13. The number of carbonyl (C=O) groups excluding carboxylic acids is 1. The van der Waals surface area contributed by atoms with Gasteiger partial charge in [0.25, 0.3) is 0 Å². The summed E-state index contributed by atoms with van der Waals surface area (Å²) in [7, 11) is -3.18. The third kappa shape index (κ3) is 3.82. The number of carbonyl (C=O) groups is 1. The van der Waals surface area contributed by atoms with Crippen molar-refractivity contribution in [3.8, 4) is 0 Å². The van der Waals surface area contributed by atoms with Crippen LogP contribution in [0.2, 0.25) is 0 Å². The SMILES string of the molecule is CCOC(=O)C(CC1CCCC1)c1ccc(S(=O)(=O)C2CC2)cc1. The molecule has 2 saturated carbocycles. The molecule has 1 atom stereocenters. The van der Waals surface area contributed by atoms with Crippen LogP contribution < -0.4 is 0 Å². The maximum atomic E-state index is 12.4. The van der Waals surface area contributed by atoms with Gasteiger partial charge in [0.05, 0.1) is 22.7 Å². The molecular formula is C19H26O4S. The van der Waals surface area contributed by atoms with Gasteiger partial charge in [-0.2, -0.15) is 0 Å². The Bertz CT molecular complexity index is 668. The fraction of sp³-hybridized carbons (Fsp3) is 0.632. The highest BCUT2D eigenvalue weighted by Gasteiger charge is 2.37. The van der Waals surface area contributed by atoms with E-state index in [0.29, 0.717) is 17.4 Å². The van der Waals surface area contributed by atoms with Crippen molar-refractivity contribution < 1.29 is 17.9 Å². The largest absolute Gasteiger partial charge is 0.466 e. The predicted octanol–water partition coefficient (Wildman–Crippen LogP) is 3.85. The second kappa shape index (κ2) is 7.26. The van der Waals surface area contributed by atoms with Crippen molar-refractivity contribution in [1.82, 2.24) is 0 Å². The van der Waals surface area contributed by atoms with E-state index in [1.165, 1.54) is 25.7 Å². The molecule has 5 heteroatoms. The van der Waals surface area contributed by atoms with E-state index in [-0.39, 0.29) is 17.1 Å². The Morgan fingerprint density at radius 1 is 1.12 bits per heavy atom. The van der Waals surface area contributed by atoms with Gasteiger partial charge >= 0.3 is 5.97 Å². The highest BCUT2D eigenvalue weighted by Crippen LogP contribution is 2.37. The fourth-order valence-electron chi connectivity index (χ4n) is 3.65. The minimum Gasteiger partial charge on any atom is -0.466 e. The van der Waals surface area contributed by atoms with E-state index in [2.05, 4.69) is 0 Å². The number of esters is 1. The van der Waals surface area contributed by atoms with Crippen LogP contribution in [0.25, 0.3) is 0 Å². The highest BCUT2D eigenvalue weighted by atomic mass is 32.2. The van der Waals surface area contributed by atoms with Crippen molar-refractivity contribution in [2.75, 3.05) is 6.61 Å². The fourth-order valence-corrected chi connectivity index (χ4v) is 5.31. The van der Waals surface area contributed by atoms with E-state index in [1.807, 2.05) is 6.92 Å². The molecule has 0 saturated heterocycles. The average molecular weight is 350 g/mol. The third-order valence-electron chi connectivity index (χ3n) is 5.19. The van der Waals surface area contributed by atoms with Crippen LogP contribution in [-0.4, -0.2) is 26.2 Å². The normalized spacial score (nSPS) is 20.0. The molecular weight excluding hydrogens is 324 g/mol. The van der Waals surface area contributed by atoms with Crippen molar-refractivity contribution in [2.24, 2.45) is 5.92 Å². The van der Waals surface area contributed by atoms with Gasteiger partial charge in [0.1, 0.15) is 0 Å². The molecule has 2 fully saturated rings.